The predicted octanol–water partition coefficient (Wildman–Crippen LogP) is 2.21. The molecule has 0 aromatic heterocycles. The van der Waals surface area contributed by atoms with Crippen LogP contribution in [-0.2, 0) is 16.1 Å². The average Bonchev–Trinajstić information content (AvgIpc) is 3.15. The van der Waals surface area contributed by atoms with E-state index in [-0.39, 0.29) is 11.5 Å². The summed E-state index contributed by atoms with van der Waals surface area (Å²) in [4.78, 5) is -1.37. The van der Waals surface area contributed by atoms with Crippen LogP contribution in [0.2, 0.25) is 5.02 Å². The van der Waals surface area contributed by atoms with E-state index in [9.17, 15) is 24.8 Å². The minimum Gasteiger partial charge on any atom is -0.491 e. The van der Waals surface area contributed by atoms with E-state index in [0.29, 0.717) is 34.7 Å². The maximum Gasteiger partial charge on any atom is 0.168 e. The number of thioether (sulfide) groups is 1. The molecule has 0 amide bonds. The zero-order chi connectivity index (χ0) is 22.4. The number of fused-ring (bicyclic) bond motifs is 2. The van der Waals surface area contributed by atoms with Crippen LogP contribution in [0, 0.1) is 5.82 Å². The normalized spacial score (nSPS) is 32.3. The molecule has 2 aromatic carbocycles. The minimum atomic E-state index is -1.49. The van der Waals surface area contributed by atoms with Crippen molar-refractivity contribution in [3.8, 4) is 5.75 Å². The standard InChI is InChI=1S/C22H24ClFO6S/c1-2-29-17-6-3-12(8-16(17)24)7-13-9-14(4-5-15(13)23)22-20(28)18(26)19(27)21(10-25,30-22)11-31-22/h3-6,8-9,18-20,25-28H,2,7,10-11H2,1H3. The summed E-state index contributed by atoms with van der Waals surface area (Å²) in [7, 11) is 0. The van der Waals surface area contributed by atoms with Gasteiger partial charge in [-0.2, -0.15) is 0 Å². The van der Waals surface area contributed by atoms with Crippen LogP contribution < -0.4 is 4.74 Å². The van der Waals surface area contributed by atoms with Crippen molar-refractivity contribution < 1.29 is 34.3 Å². The monoisotopic (exact) mass is 470 g/mol. The summed E-state index contributed by atoms with van der Waals surface area (Å²) < 4.78 is 25.5. The van der Waals surface area contributed by atoms with Gasteiger partial charge >= 0.3 is 0 Å². The molecule has 2 saturated heterocycles. The van der Waals surface area contributed by atoms with Gasteiger partial charge in [-0.1, -0.05) is 29.8 Å². The topological polar surface area (TPSA) is 99.4 Å². The molecule has 0 saturated carbocycles. The number of halogens is 2. The van der Waals surface area contributed by atoms with Crippen LogP contribution in [0.1, 0.15) is 23.6 Å². The number of aliphatic hydroxyl groups excluding tert-OH is 4. The smallest absolute Gasteiger partial charge is 0.168 e. The molecule has 168 valence electrons. The summed E-state index contributed by atoms with van der Waals surface area (Å²) in [6, 6.07) is 9.78. The Morgan fingerprint density at radius 3 is 2.65 bits per heavy atom. The Bertz CT molecular complexity index is 977. The quantitative estimate of drug-likeness (QED) is 0.513. The minimum absolute atomic E-state index is 0.180. The zero-order valence-corrected chi connectivity index (χ0v) is 18.4. The molecule has 2 heterocycles. The fourth-order valence-electron chi connectivity index (χ4n) is 4.15. The van der Waals surface area contributed by atoms with E-state index in [1.165, 1.54) is 17.8 Å². The van der Waals surface area contributed by atoms with Crippen molar-refractivity contribution in [2.75, 3.05) is 19.0 Å². The second kappa shape index (κ2) is 8.51. The van der Waals surface area contributed by atoms with Crippen molar-refractivity contribution in [1.82, 2.24) is 0 Å². The van der Waals surface area contributed by atoms with Gasteiger partial charge in [-0.05, 0) is 48.2 Å². The molecule has 9 heteroatoms. The lowest BCUT2D eigenvalue weighted by Crippen LogP contribution is -2.65. The van der Waals surface area contributed by atoms with Gasteiger partial charge in [0.25, 0.3) is 0 Å². The molecule has 2 aromatic rings. The Morgan fingerprint density at radius 1 is 1.19 bits per heavy atom. The molecule has 31 heavy (non-hydrogen) atoms. The van der Waals surface area contributed by atoms with Crippen LogP contribution in [0.25, 0.3) is 0 Å². The van der Waals surface area contributed by atoms with E-state index in [1.807, 2.05) is 0 Å². The first kappa shape index (κ1) is 22.8. The summed E-state index contributed by atoms with van der Waals surface area (Å²) in [5.74, 6) is -0.0905. The Balaban J connectivity index is 1.68. The maximum absolute atomic E-state index is 14.3. The molecule has 2 fully saturated rings. The lowest BCUT2D eigenvalue weighted by Gasteiger charge is -2.47. The molecule has 2 aliphatic rings. The summed E-state index contributed by atoms with van der Waals surface area (Å²) in [6.45, 7) is 1.64. The van der Waals surface area contributed by atoms with Gasteiger partial charge in [0.15, 0.2) is 16.5 Å². The molecule has 0 spiro atoms. The zero-order valence-electron chi connectivity index (χ0n) is 16.8. The number of hydrogen-bond acceptors (Lipinski definition) is 7. The van der Waals surface area contributed by atoms with E-state index in [2.05, 4.69) is 0 Å². The highest BCUT2D eigenvalue weighted by molar-refractivity contribution is 8.00. The number of aliphatic hydroxyl groups is 4. The number of benzene rings is 2. The largest absolute Gasteiger partial charge is 0.491 e. The van der Waals surface area contributed by atoms with Gasteiger partial charge in [0.2, 0.25) is 0 Å². The fourth-order valence-corrected chi connectivity index (χ4v) is 5.94. The molecule has 4 N–H and O–H groups in total. The molecule has 6 nitrogen and oxygen atoms in total. The van der Waals surface area contributed by atoms with Crippen molar-refractivity contribution in [3.05, 3.63) is 63.9 Å². The third kappa shape index (κ3) is 3.74. The molecular weight excluding hydrogens is 447 g/mol. The Morgan fingerprint density at radius 2 is 1.97 bits per heavy atom. The van der Waals surface area contributed by atoms with Gasteiger partial charge < -0.3 is 29.9 Å². The molecule has 2 bridgehead atoms. The first-order chi connectivity index (χ1) is 14.8. The van der Waals surface area contributed by atoms with Crippen LogP contribution in [0.4, 0.5) is 4.39 Å². The van der Waals surface area contributed by atoms with E-state index >= 15 is 0 Å². The first-order valence-electron chi connectivity index (χ1n) is 9.95. The summed E-state index contributed by atoms with van der Waals surface area (Å²) in [6.07, 6.45) is -4.01. The maximum atomic E-state index is 14.3. The van der Waals surface area contributed by atoms with Gasteiger partial charge in [0.05, 0.1) is 13.2 Å². The summed E-state index contributed by atoms with van der Waals surface area (Å²) in [5, 5.41) is 41.8. The van der Waals surface area contributed by atoms with E-state index in [1.54, 1.807) is 37.3 Å². The molecule has 4 rings (SSSR count). The van der Waals surface area contributed by atoms with Gasteiger partial charge in [-0.15, -0.1) is 11.8 Å². The van der Waals surface area contributed by atoms with Crippen LogP contribution in [0.5, 0.6) is 5.75 Å². The highest BCUT2D eigenvalue weighted by Crippen LogP contribution is 2.57. The van der Waals surface area contributed by atoms with Gasteiger partial charge in [-0.3, -0.25) is 0 Å². The fraction of sp³-hybridized carbons (Fsp3) is 0.455. The van der Waals surface area contributed by atoms with Crippen LogP contribution in [0.15, 0.2) is 36.4 Å². The third-order valence-electron chi connectivity index (χ3n) is 5.87. The Labute approximate surface area is 188 Å². The summed E-state index contributed by atoms with van der Waals surface area (Å²) in [5.41, 5.74) is 0.524. The SMILES string of the molecule is CCOc1ccc(Cc2cc(C34OC(CO)(CS3)C(O)C(O)C4O)ccc2Cl)cc1F. The number of ether oxygens (including phenoxy) is 2. The molecule has 2 aliphatic heterocycles. The molecular formula is C22H24ClFO6S. The van der Waals surface area contributed by atoms with Gasteiger partial charge in [-0.25, -0.2) is 4.39 Å². The highest BCUT2D eigenvalue weighted by Gasteiger charge is 2.66. The van der Waals surface area contributed by atoms with Crippen LogP contribution >= 0.6 is 23.4 Å². The average molecular weight is 471 g/mol. The van der Waals surface area contributed by atoms with E-state index < -0.39 is 41.3 Å². The highest BCUT2D eigenvalue weighted by atomic mass is 35.5. The first-order valence-corrected chi connectivity index (χ1v) is 11.3. The lowest BCUT2D eigenvalue weighted by atomic mass is 9.84. The molecule has 5 atom stereocenters. The Hall–Kier alpha value is -1.39. The molecule has 5 unspecified atom stereocenters. The van der Waals surface area contributed by atoms with E-state index in [4.69, 9.17) is 21.1 Å². The lowest BCUT2D eigenvalue weighted by molar-refractivity contribution is -0.275. The van der Waals surface area contributed by atoms with Crippen molar-refractivity contribution in [2.24, 2.45) is 0 Å². The third-order valence-corrected chi connectivity index (χ3v) is 7.86. The van der Waals surface area contributed by atoms with Crippen molar-refractivity contribution in [2.45, 2.75) is 42.2 Å². The number of hydrogen-bond donors (Lipinski definition) is 4. The molecule has 0 radical (unpaired) electrons. The second-order valence-corrected chi connectivity index (χ2v) is 9.43. The second-order valence-electron chi connectivity index (χ2n) is 7.84. The van der Waals surface area contributed by atoms with Crippen molar-refractivity contribution in [1.29, 1.82) is 0 Å². The van der Waals surface area contributed by atoms with Crippen molar-refractivity contribution >= 4 is 23.4 Å². The van der Waals surface area contributed by atoms with Gasteiger partial charge in [0.1, 0.15) is 23.9 Å². The van der Waals surface area contributed by atoms with Gasteiger partial charge in [0, 0.05) is 10.8 Å². The predicted molar refractivity (Wildman–Crippen MR) is 115 cm³/mol. The van der Waals surface area contributed by atoms with Crippen molar-refractivity contribution in [3.63, 3.8) is 0 Å². The molecule has 0 aliphatic carbocycles. The summed E-state index contributed by atoms with van der Waals surface area (Å²) >= 11 is 7.60. The Kier molecular flexibility index (Phi) is 6.26. The van der Waals surface area contributed by atoms with E-state index in [0.717, 1.165) is 0 Å². The number of rotatable bonds is 6. The van der Waals surface area contributed by atoms with Crippen LogP contribution in [0.3, 0.4) is 0 Å². The van der Waals surface area contributed by atoms with Crippen LogP contribution in [-0.4, -0.2) is 63.3 Å².